The molecule has 0 radical (unpaired) electrons. The van der Waals surface area contributed by atoms with E-state index in [1.807, 2.05) is 13.0 Å². The first-order chi connectivity index (χ1) is 13.6. The van der Waals surface area contributed by atoms with Gasteiger partial charge >= 0.3 is 5.97 Å². The van der Waals surface area contributed by atoms with Gasteiger partial charge in [-0.25, -0.2) is 9.78 Å². The van der Waals surface area contributed by atoms with Gasteiger partial charge in [0.15, 0.2) is 0 Å². The summed E-state index contributed by atoms with van der Waals surface area (Å²) in [6.07, 6.45) is 2.06. The molecule has 0 bridgehead atoms. The lowest BCUT2D eigenvalue weighted by Crippen LogP contribution is -2.25. The Morgan fingerprint density at radius 1 is 1.29 bits per heavy atom. The number of carbonyl (C=O) groups is 1. The van der Waals surface area contributed by atoms with Crippen molar-refractivity contribution in [2.24, 2.45) is 0 Å². The van der Waals surface area contributed by atoms with Crippen molar-refractivity contribution in [3.63, 3.8) is 0 Å². The number of fused-ring (bicyclic) bond motifs is 2. The summed E-state index contributed by atoms with van der Waals surface area (Å²) in [7, 11) is 1.57. The Morgan fingerprint density at radius 2 is 2.11 bits per heavy atom. The topological polar surface area (TPSA) is 64.5 Å². The second-order valence-electron chi connectivity index (χ2n) is 6.57. The molecular weight excluding hydrogens is 398 g/mol. The lowest BCUT2D eigenvalue weighted by atomic mass is 10.0. The molecule has 0 atom stereocenters. The number of hydrogen-bond donors (Lipinski definition) is 0. The monoisotopic (exact) mass is 417 g/mol. The van der Waals surface area contributed by atoms with E-state index >= 15 is 0 Å². The zero-order valence-electron chi connectivity index (χ0n) is 15.7. The van der Waals surface area contributed by atoms with Crippen molar-refractivity contribution in [1.29, 1.82) is 0 Å². The second kappa shape index (κ2) is 8.03. The van der Waals surface area contributed by atoms with Crippen LogP contribution in [0.4, 0.5) is 11.5 Å². The van der Waals surface area contributed by atoms with Crippen LogP contribution in [0.3, 0.4) is 0 Å². The van der Waals surface area contributed by atoms with E-state index in [0.717, 1.165) is 41.8 Å². The number of benzene rings is 1. The van der Waals surface area contributed by atoms with E-state index in [0.29, 0.717) is 16.3 Å². The zero-order valence-corrected chi connectivity index (χ0v) is 17.3. The van der Waals surface area contributed by atoms with E-state index in [9.17, 15) is 4.79 Å². The Kier molecular flexibility index (Phi) is 5.48. The number of aromatic nitrogens is 2. The molecule has 0 unspecified atom stereocenters. The predicted octanol–water partition coefficient (Wildman–Crippen LogP) is 4.54. The van der Waals surface area contributed by atoms with Crippen LogP contribution in [0.1, 0.15) is 27.2 Å². The third-order valence-corrected chi connectivity index (χ3v) is 6.15. The molecule has 1 aliphatic heterocycles. The molecule has 8 heteroatoms. The third kappa shape index (κ3) is 3.45. The Labute approximate surface area is 172 Å². The Hall–Kier alpha value is -2.22. The van der Waals surface area contributed by atoms with Gasteiger partial charge in [-0.3, -0.25) is 0 Å². The van der Waals surface area contributed by atoms with Gasteiger partial charge < -0.3 is 14.4 Å². The van der Waals surface area contributed by atoms with Crippen molar-refractivity contribution in [3.8, 4) is 0 Å². The number of anilines is 2. The zero-order chi connectivity index (χ0) is 19.7. The maximum Gasteiger partial charge on any atom is 0.348 e. The number of rotatable bonds is 5. The number of aryl methyl sites for hydroxylation is 2. The van der Waals surface area contributed by atoms with Gasteiger partial charge in [-0.1, -0.05) is 18.2 Å². The van der Waals surface area contributed by atoms with Gasteiger partial charge in [-0.15, -0.1) is 11.3 Å². The number of thiophene rings is 1. The number of hydrogen-bond acceptors (Lipinski definition) is 7. The minimum Gasteiger partial charge on any atom is -0.459 e. The number of para-hydroxylation sites is 1. The Balaban J connectivity index is 1.81. The molecule has 0 amide bonds. The van der Waals surface area contributed by atoms with Crippen LogP contribution in [-0.4, -0.2) is 42.8 Å². The number of esters is 1. The third-order valence-electron chi connectivity index (χ3n) is 4.82. The Morgan fingerprint density at radius 3 is 2.93 bits per heavy atom. The highest BCUT2D eigenvalue weighted by atomic mass is 35.5. The summed E-state index contributed by atoms with van der Waals surface area (Å²) < 4.78 is 10.2. The van der Waals surface area contributed by atoms with Crippen LogP contribution in [0.25, 0.3) is 10.2 Å². The summed E-state index contributed by atoms with van der Waals surface area (Å²) in [6.45, 7) is 3.31. The minimum absolute atomic E-state index is 0.172. The molecule has 0 fully saturated rings. The highest BCUT2D eigenvalue weighted by Crippen LogP contribution is 2.41. The summed E-state index contributed by atoms with van der Waals surface area (Å²) >= 11 is 7.52. The van der Waals surface area contributed by atoms with Crippen molar-refractivity contribution in [2.75, 3.05) is 31.8 Å². The van der Waals surface area contributed by atoms with Gasteiger partial charge in [-0.2, -0.15) is 4.98 Å². The number of carbonyl (C=O) groups excluding carboxylic acids is 1. The normalized spacial score (nSPS) is 13.6. The van der Waals surface area contributed by atoms with E-state index in [1.165, 1.54) is 16.9 Å². The molecule has 2 aromatic heterocycles. The smallest absolute Gasteiger partial charge is 0.348 e. The van der Waals surface area contributed by atoms with Crippen LogP contribution < -0.4 is 4.90 Å². The molecule has 6 nitrogen and oxygen atoms in total. The summed E-state index contributed by atoms with van der Waals surface area (Å²) in [6, 6.07) is 8.31. The van der Waals surface area contributed by atoms with E-state index in [4.69, 9.17) is 21.1 Å². The van der Waals surface area contributed by atoms with Crippen LogP contribution >= 0.6 is 22.9 Å². The van der Waals surface area contributed by atoms with Crippen molar-refractivity contribution in [2.45, 2.75) is 19.8 Å². The van der Waals surface area contributed by atoms with Crippen LogP contribution in [-0.2, 0) is 15.9 Å². The van der Waals surface area contributed by atoms with Crippen molar-refractivity contribution in [3.05, 3.63) is 45.6 Å². The molecule has 3 heterocycles. The molecule has 146 valence electrons. The van der Waals surface area contributed by atoms with E-state index in [-0.39, 0.29) is 17.9 Å². The fraction of sp³-hybridized carbons (Fsp3) is 0.350. The number of ether oxygens (including phenoxy) is 2. The van der Waals surface area contributed by atoms with Gasteiger partial charge in [0.25, 0.3) is 0 Å². The first kappa shape index (κ1) is 19.1. The van der Waals surface area contributed by atoms with Crippen LogP contribution in [0, 0.1) is 6.92 Å². The largest absolute Gasteiger partial charge is 0.459 e. The van der Waals surface area contributed by atoms with E-state index in [2.05, 4.69) is 33.1 Å². The molecule has 0 N–H and O–H groups in total. The molecule has 1 aliphatic rings. The molecule has 28 heavy (non-hydrogen) atoms. The van der Waals surface area contributed by atoms with Crippen LogP contribution in [0.2, 0.25) is 5.28 Å². The predicted molar refractivity (Wildman–Crippen MR) is 111 cm³/mol. The minimum atomic E-state index is -0.376. The van der Waals surface area contributed by atoms with Gasteiger partial charge in [0, 0.05) is 19.3 Å². The summed E-state index contributed by atoms with van der Waals surface area (Å²) in [5.74, 6) is 0.366. The van der Waals surface area contributed by atoms with Gasteiger partial charge in [0.2, 0.25) is 5.28 Å². The molecule has 0 saturated heterocycles. The number of methoxy groups -OCH3 is 1. The second-order valence-corrected chi connectivity index (χ2v) is 7.90. The standard InChI is InChI=1S/C20H20ClN3O3S/c1-12-15-17(24-9-5-7-13-6-3-4-8-14(13)24)22-20(21)23-18(15)28-16(12)19(25)27-11-10-26-2/h3-4,6,8H,5,7,9-11H2,1-2H3. The van der Waals surface area contributed by atoms with Crippen LogP contribution in [0.5, 0.6) is 0 Å². The molecule has 0 spiro atoms. The molecule has 1 aromatic carbocycles. The maximum atomic E-state index is 12.5. The lowest BCUT2D eigenvalue weighted by molar-refractivity contribution is 0.0393. The fourth-order valence-corrected chi connectivity index (χ4v) is 4.80. The van der Waals surface area contributed by atoms with Gasteiger partial charge in [0.05, 0.1) is 12.0 Å². The van der Waals surface area contributed by atoms with Gasteiger partial charge in [0.1, 0.15) is 22.1 Å². The average Bonchev–Trinajstić information content (AvgIpc) is 3.03. The SMILES string of the molecule is COCCOC(=O)c1sc2nc(Cl)nc(N3CCCc4ccccc43)c2c1C. The van der Waals surface area contributed by atoms with Crippen molar-refractivity contribution < 1.29 is 14.3 Å². The quantitative estimate of drug-likeness (QED) is 0.345. The molecule has 0 aliphatic carbocycles. The lowest BCUT2D eigenvalue weighted by Gasteiger charge is -2.31. The van der Waals surface area contributed by atoms with Crippen LogP contribution in [0.15, 0.2) is 24.3 Å². The fourth-order valence-electron chi connectivity index (χ4n) is 3.52. The molecule has 3 aromatic rings. The summed E-state index contributed by atoms with van der Waals surface area (Å²) in [5.41, 5.74) is 3.22. The summed E-state index contributed by atoms with van der Waals surface area (Å²) in [4.78, 5) is 24.8. The van der Waals surface area contributed by atoms with Gasteiger partial charge in [-0.05, 0) is 48.6 Å². The highest BCUT2D eigenvalue weighted by molar-refractivity contribution is 7.20. The maximum absolute atomic E-state index is 12.5. The molecular formula is C20H20ClN3O3S. The molecule has 0 saturated carbocycles. The highest BCUT2D eigenvalue weighted by Gasteiger charge is 2.26. The molecule has 4 rings (SSSR count). The number of nitrogens with zero attached hydrogens (tertiary/aromatic N) is 3. The first-order valence-electron chi connectivity index (χ1n) is 9.08. The van der Waals surface area contributed by atoms with E-state index < -0.39 is 0 Å². The Bertz CT molecular complexity index is 1040. The summed E-state index contributed by atoms with van der Waals surface area (Å²) in [5, 5.41) is 1.02. The van der Waals surface area contributed by atoms with E-state index in [1.54, 1.807) is 7.11 Å². The number of halogens is 1. The first-order valence-corrected chi connectivity index (χ1v) is 10.3. The average molecular weight is 418 g/mol. The van der Waals surface area contributed by atoms with Crippen molar-refractivity contribution >= 4 is 50.6 Å². The van der Waals surface area contributed by atoms with Crippen molar-refractivity contribution in [1.82, 2.24) is 9.97 Å².